The van der Waals surface area contributed by atoms with Gasteiger partial charge in [0.15, 0.2) is 0 Å². The maximum Gasteiger partial charge on any atom is 0.241 e. The van der Waals surface area contributed by atoms with Crippen molar-refractivity contribution < 1.29 is 4.74 Å². The van der Waals surface area contributed by atoms with Gasteiger partial charge in [-0.15, -0.1) is 0 Å². The minimum Gasteiger partial charge on any atom is -0.471 e. The second kappa shape index (κ2) is 6.48. The van der Waals surface area contributed by atoms with Crippen molar-refractivity contribution in [2.45, 2.75) is 13.5 Å². The lowest BCUT2D eigenvalue weighted by molar-refractivity contribution is 0.286. The van der Waals surface area contributed by atoms with Crippen molar-refractivity contribution in [3.05, 3.63) is 73.9 Å². The van der Waals surface area contributed by atoms with E-state index in [1.807, 2.05) is 49.4 Å². The lowest BCUT2D eigenvalue weighted by Crippen LogP contribution is -2.16. The molecule has 0 spiro atoms. The van der Waals surface area contributed by atoms with E-state index in [2.05, 4.69) is 21.0 Å². The molecule has 0 fully saturated rings. The van der Waals surface area contributed by atoms with Crippen LogP contribution < -0.4 is 0 Å². The minimum atomic E-state index is 0.404. The SMILES string of the molecule is Cc1cc(Cl)cc2c1N=C(c1cc(Br)nn1-c1ccccc1Cl)OC2. The molecule has 0 unspecified atom stereocenters. The molecule has 0 atom stereocenters. The van der Waals surface area contributed by atoms with E-state index >= 15 is 0 Å². The van der Waals surface area contributed by atoms with Crippen molar-refractivity contribution in [1.82, 2.24) is 9.78 Å². The monoisotopic (exact) mass is 435 g/mol. The Bertz CT molecular complexity index is 1010. The number of fused-ring (bicyclic) bond motifs is 1. The Morgan fingerprint density at radius 3 is 2.76 bits per heavy atom. The highest BCUT2D eigenvalue weighted by atomic mass is 79.9. The molecular weight excluding hydrogens is 425 g/mol. The fourth-order valence-corrected chi connectivity index (χ4v) is 3.68. The molecule has 2 heterocycles. The molecular formula is C18H12BrCl2N3O. The Kier molecular flexibility index (Phi) is 4.31. The molecule has 1 aliphatic rings. The lowest BCUT2D eigenvalue weighted by Gasteiger charge is -2.19. The third-order valence-electron chi connectivity index (χ3n) is 3.90. The maximum atomic E-state index is 6.33. The second-order valence-corrected chi connectivity index (χ2v) is 7.31. The van der Waals surface area contributed by atoms with E-state index in [-0.39, 0.29) is 0 Å². The summed E-state index contributed by atoms with van der Waals surface area (Å²) in [7, 11) is 0. The molecule has 7 heteroatoms. The van der Waals surface area contributed by atoms with Gasteiger partial charge in [0.2, 0.25) is 5.90 Å². The number of para-hydroxylation sites is 1. The third kappa shape index (κ3) is 3.08. The van der Waals surface area contributed by atoms with Gasteiger partial charge in [0.05, 0.1) is 16.4 Å². The van der Waals surface area contributed by atoms with E-state index in [0.717, 1.165) is 28.2 Å². The third-order valence-corrected chi connectivity index (χ3v) is 4.83. The van der Waals surface area contributed by atoms with Gasteiger partial charge in [-0.05, 0) is 52.7 Å². The molecule has 4 nitrogen and oxygen atoms in total. The van der Waals surface area contributed by atoms with Crippen LogP contribution in [-0.4, -0.2) is 15.7 Å². The van der Waals surface area contributed by atoms with Crippen LogP contribution in [0.5, 0.6) is 0 Å². The van der Waals surface area contributed by atoms with E-state index in [4.69, 9.17) is 32.9 Å². The molecule has 4 rings (SSSR count). The summed E-state index contributed by atoms with van der Waals surface area (Å²) < 4.78 is 8.28. The van der Waals surface area contributed by atoms with Crippen LogP contribution in [0, 0.1) is 6.92 Å². The summed E-state index contributed by atoms with van der Waals surface area (Å²) in [5, 5.41) is 5.76. The molecule has 0 radical (unpaired) electrons. The number of aliphatic imine (C=N–C) groups is 1. The van der Waals surface area contributed by atoms with Gasteiger partial charge in [0.1, 0.15) is 16.9 Å². The molecule has 0 saturated carbocycles. The van der Waals surface area contributed by atoms with Crippen molar-refractivity contribution in [2.75, 3.05) is 0 Å². The fraction of sp³-hybridized carbons (Fsp3) is 0.111. The Labute approximate surface area is 163 Å². The fourth-order valence-electron chi connectivity index (χ4n) is 2.80. The number of aryl methyl sites for hydroxylation is 1. The van der Waals surface area contributed by atoms with Gasteiger partial charge >= 0.3 is 0 Å². The summed E-state index contributed by atoms with van der Waals surface area (Å²) >= 11 is 15.9. The molecule has 3 aromatic rings. The molecule has 0 bridgehead atoms. The van der Waals surface area contributed by atoms with Gasteiger partial charge in [0.25, 0.3) is 0 Å². The second-order valence-electron chi connectivity index (χ2n) is 5.65. The molecule has 2 aromatic carbocycles. The summed E-state index contributed by atoms with van der Waals surface area (Å²) in [6.45, 7) is 2.39. The van der Waals surface area contributed by atoms with Gasteiger partial charge in [-0.3, -0.25) is 0 Å². The van der Waals surface area contributed by atoms with E-state index in [1.165, 1.54) is 0 Å². The zero-order chi connectivity index (χ0) is 17.6. The summed E-state index contributed by atoms with van der Waals surface area (Å²) in [6.07, 6.45) is 0. The van der Waals surface area contributed by atoms with E-state index < -0.39 is 0 Å². The average Bonchev–Trinajstić information content (AvgIpc) is 2.96. The largest absolute Gasteiger partial charge is 0.471 e. The Balaban J connectivity index is 1.87. The lowest BCUT2D eigenvalue weighted by atomic mass is 10.1. The first-order valence-corrected chi connectivity index (χ1v) is 9.09. The van der Waals surface area contributed by atoms with Gasteiger partial charge < -0.3 is 4.74 Å². The topological polar surface area (TPSA) is 39.4 Å². The Hall–Kier alpha value is -1.82. The molecule has 0 N–H and O–H groups in total. The number of aromatic nitrogens is 2. The van der Waals surface area contributed by atoms with Crippen LogP contribution in [0.4, 0.5) is 5.69 Å². The molecule has 126 valence electrons. The Morgan fingerprint density at radius 2 is 1.96 bits per heavy atom. The summed E-state index contributed by atoms with van der Waals surface area (Å²) in [4.78, 5) is 4.70. The zero-order valence-corrected chi connectivity index (χ0v) is 16.2. The predicted molar refractivity (Wildman–Crippen MR) is 103 cm³/mol. The molecule has 0 aliphatic carbocycles. The van der Waals surface area contributed by atoms with Crippen LogP contribution in [0.25, 0.3) is 5.69 Å². The number of rotatable bonds is 2. The van der Waals surface area contributed by atoms with Crippen LogP contribution in [0.3, 0.4) is 0 Å². The Morgan fingerprint density at radius 1 is 1.16 bits per heavy atom. The van der Waals surface area contributed by atoms with E-state index in [0.29, 0.717) is 27.2 Å². The molecule has 0 saturated heterocycles. The summed E-state index contributed by atoms with van der Waals surface area (Å²) in [5.74, 6) is 0.496. The van der Waals surface area contributed by atoms with E-state index in [1.54, 1.807) is 4.68 Å². The van der Waals surface area contributed by atoms with Crippen LogP contribution in [0.2, 0.25) is 10.0 Å². The number of nitrogens with zero attached hydrogens (tertiary/aromatic N) is 3. The highest BCUT2D eigenvalue weighted by Crippen LogP contribution is 2.33. The van der Waals surface area contributed by atoms with Gasteiger partial charge in [-0.25, -0.2) is 9.67 Å². The zero-order valence-electron chi connectivity index (χ0n) is 13.1. The molecule has 0 amide bonds. The van der Waals surface area contributed by atoms with Crippen LogP contribution >= 0.6 is 39.1 Å². The highest BCUT2D eigenvalue weighted by Gasteiger charge is 2.22. The minimum absolute atomic E-state index is 0.404. The van der Waals surface area contributed by atoms with Gasteiger partial charge in [-0.1, -0.05) is 35.3 Å². The standard InChI is InChI=1S/C18H12BrCl2N3O/c1-10-6-12(20)7-11-9-25-18(22-17(10)11)15-8-16(19)23-24(15)14-5-3-2-4-13(14)21/h2-8H,9H2,1H3. The molecule has 25 heavy (non-hydrogen) atoms. The first kappa shape index (κ1) is 16.6. The van der Waals surface area contributed by atoms with Crippen molar-refractivity contribution in [3.8, 4) is 5.69 Å². The highest BCUT2D eigenvalue weighted by molar-refractivity contribution is 9.10. The van der Waals surface area contributed by atoms with Crippen molar-refractivity contribution in [2.24, 2.45) is 4.99 Å². The summed E-state index contributed by atoms with van der Waals surface area (Å²) in [5.41, 5.74) is 4.34. The van der Waals surface area contributed by atoms with Crippen molar-refractivity contribution >= 4 is 50.7 Å². The predicted octanol–water partition coefficient (Wildman–Crippen LogP) is 5.86. The van der Waals surface area contributed by atoms with Crippen molar-refractivity contribution in [3.63, 3.8) is 0 Å². The van der Waals surface area contributed by atoms with Crippen molar-refractivity contribution in [1.29, 1.82) is 0 Å². The first-order chi connectivity index (χ1) is 12.0. The summed E-state index contributed by atoms with van der Waals surface area (Å²) in [6, 6.07) is 13.1. The number of ether oxygens (including phenoxy) is 1. The number of halogens is 3. The number of benzene rings is 2. The first-order valence-electron chi connectivity index (χ1n) is 7.54. The quantitative estimate of drug-likeness (QED) is 0.504. The van der Waals surface area contributed by atoms with Gasteiger partial charge in [0, 0.05) is 16.7 Å². The van der Waals surface area contributed by atoms with E-state index in [9.17, 15) is 0 Å². The molecule has 1 aromatic heterocycles. The van der Waals surface area contributed by atoms with Crippen LogP contribution in [0.1, 0.15) is 16.8 Å². The van der Waals surface area contributed by atoms with Crippen LogP contribution in [0.15, 0.2) is 52.1 Å². The maximum absolute atomic E-state index is 6.33. The molecule has 1 aliphatic heterocycles. The smallest absolute Gasteiger partial charge is 0.241 e. The number of hydrogen-bond acceptors (Lipinski definition) is 3. The number of hydrogen-bond donors (Lipinski definition) is 0. The van der Waals surface area contributed by atoms with Crippen LogP contribution in [-0.2, 0) is 11.3 Å². The average molecular weight is 437 g/mol. The van der Waals surface area contributed by atoms with Gasteiger partial charge in [-0.2, -0.15) is 5.10 Å². The normalized spacial score (nSPS) is 13.2.